The average Bonchev–Trinajstić information content (AvgIpc) is 2.26. The topological polar surface area (TPSA) is 40.5 Å². The molecule has 0 fully saturated rings. The van der Waals surface area contributed by atoms with Gasteiger partial charge in [0.2, 0.25) is 0 Å². The third kappa shape index (κ3) is 3.24. The fraction of sp³-hybridized carbons (Fsp3) is 0.467. The molecule has 0 heterocycles. The van der Waals surface area contributed by atoms with E-state index in [0.717, 1.165) is 5.56 Å². The maximum atomic E-state index is 10.4. The molecule has 0 spiro atoms. The van der Waals surface area contributed by atoms with Gasteiger partial charge in [-0.2, -0.15) is 0 Å². The average molecular weight is 264 g/mol. The monoisotopic (exact) mass is 264 g/mol. The summed E-state index contributed by atoms with van der Waals surface area (Å²) >= 11 is 0. The van der Waals surface area contributed by atoms with Gasteiger partial charge >= 0.3 is 0 Å². The SMILES string of the molecule is CC(C)(C)[Si](C)(C)C(O)C=Cc1ccccc1O. The summed E-state index contributed by atoms with van der Waals surface area (Å²) in [5.41, 5.74) is 0.326. The van der Waals surface area contributed by atoms with E-state index in [4.69, 9.17) is 0 Å². The Balaban J connectivity index is 2.89. The van der Waals surface area contributed by atoms with Crippen LogP contribution >= 0.6 is 0 Å². The van der Waals surface area contributed by atoms with E-state index in [-0.39, 0.29) is 10.8 Å². The highest BCUT2D eigenvalue weighted by Gasteiger charge is 2.40. The molecule has 1 atom stereocenters. The van der Waals surface area contributed by atoms with Gasteiger partial charge < -0.3 is 10.2 Å². The lowest BCUT2D eigenvalue weighted by Crippen LogP contribution is -2.48. The minimum absolute atomic E-state index is 0.134. The number of benzene rings is 1. The van der Waals surface area contributed by atoms with Gasteiger partial charge in [0.15, 0.2) is 0 Å². The van der Waals surface area contributed by atoms with Crippen LogP contribution < -0.4 is 0 Å². The van der Waals surface area contributed by atoms with Gasteiger partial charge in [0.1, 0.15) is 5.75 Å². The van der Waals surface area contributed by atoms with Crippen molar-refractivity contribution in [3.63, 3.8) is 0 Å². The summed E-state index contributed by atoms with van der Waals surface area (Å²) in [5, 5.41) is 20.2. The van der Waals surface area contributed by atoms with Gasteiger partial charge in [-0.1, -0.05) is 64.2 Å². The molecule has 0 amide bonds. The number of hydrogen-bond donors (Lipinski definition) is 2. The molecule has 18 heavy (non-hydrogen) atoms. The Morgan fingerprint density at radius 2 is 1.72 bits per heavy atom. The third-order valence-electron chi connectivity index (χ3n) is 4.07. The Hall–Kier alpha value is -1.06. The van der Waals surface area contributed by atoms with Crippen LogP contribution in [0.5, 0.6) is 5.75 Å². The summed E-state index contributed by atoms with van der Waals surface area (Å²) in [6.45, 7) is 10.9. The maximum Gasteiger partial charge on any atom is 0.122 e. The molecule has 0 aliphatic rings. The number of rotatable bonds is 3. The second-order valence-electron chi connectivity index (χ2n) is 6.33. The number of hydrogen-bond acceptors (Lipinski definition) is 2. The zero-order valence-corrected chi connectivity index (χ0v) is 12.9. The molecule has 1 unspecified atom stereocenters. The lowest BCUT2D eigenvalue weighted by Gasteiger charge is -2.39. The van der Waals surface area contributed by atoms with E-state index in [1.54, 1.807) is 18.2 Å². The quantitative estimate of drug-likeness (QED) is 0.815. The van der Waals surface area contributed by atoms with E-state index in [0.29, 0.717) is 0 Å². The molecule has 1 aromatic carbocycles. The van der Waals surface area contributed by atoms with Crippen molar-refractivity contribution in [3.05, 3.63) is 35.9 Å². The molecule has 2 nitrogen and oxygen atoms in total. The van der Waals surface area contributed by atoms with Crippen molar-refractivity contribution in [2.75, 3.05) is 0 Å². The van der Waals surface area contributed by atoms with E-state index in [1.807, 2.05) is 18.2 Å². The second kappa shape index (κ2) is 5.29. The van der Waals surface area contributed by atoms with Crippen LogP contribution in [0.1, 0.15) is 26.3 Å². The predicted molar refractivity (Wildman–Crippen MR) is 80.3 cm³/mol. The van der Waals surface area contributed by atoms with E-state index in [1.165, 1.54) is 0 Å². The first-order chi connectivity index (χ1) is 8.16. The molecule has 0 saturated carbocycles. The molecule has 0 saturated heterocycles. The van der Waals surface area contributed by atoms with Crippen LogP contribution in [-0.4, -0.2) is 24.0 Å². The second-order valence-corrected chi connectivity index (χ2v) is 11.9. The van der Waals surface area contributed by atoms with Crippen molar-refractivity contribution in [2.45, 2.75) is 44.6 Å². The molecule has 0 aromatic heterocycles. The van der Waals surface area contributed by atoms with Crippen LogP contribution in [-0.2, 0) is 0 Å². The normalized spacial score (nSPS) is 15.0. The standard InChI is InChI=1S/C15H24O2Si/c1-15(2,3)18(4,5)14(17)11-10-12-8-6-7-9-13(12)16/h6-11,14,16-17H,1-5H3. The summed E-state index contributed by atoms with van der Waals surface area (Å²) in [7, 11) is -1.79. The molecule has 0 radical (unpaired) electrons. The van der Waals surface area contributed by atoms with Gasteiger partial charge in [-0.15, -0.1) is 0 Å². The Kier molecular flexibility index (Phi) is 4.40. The van der Waals surface area contributed by atoms with Gasteiger partial charge in [0.25, 0.3) is 0 Å². The summed E-state index contributed by atoms with van der Waals surface area (Å²) in [5.74, 6) is 0.246. The minimum Gasteiger partial charge on any atom is -0.507 e. The van der Waals surface area contributed by atoms with E-state index >= 15 is 0 Å². The van der Waals surface area contributed by atoms with Crippen LogP contribution in [0.3, 0.4) is 0 Å². The highest BCUT2D eigenvalue weighted by atomic mass is 28.3. The fourth-order valence-corrected chi connectivity index (χ4v) is 2.97. The maximum absolute atomic E-state index is 10.4. The largest absolute Gasteiger partial charge is 0.507 e. The molecule has 2 N–H and O–H groups in total. The van der Waals surface area contributed by atoms with Gasteiger partial charge in [-0.3, -0.25) is 0 Å². The van der Waals surface area contributed by atoms with E-state index < -0.39 is 13.8 Å². The number of aliphatic hydroxyl groups is 1. The first-order valence-electron chi connectivity index (χ1n) is 6.30. The molecule has 1 rings (SSSR count). The molecular weight excluding hydrogens is 240 g/mol. The Morgan fingerprint density at radius 3 is 2.22 bits per heavy atom. The van der Waals surface area contributed by atoms with Gasteiger partial charge in [-0.05, 0) is 11.1 Å². The lowest BCUT2D eigenvalue weighted by atomic mass is 10.2. The van der Waals surface area contributed by atoms with E-state index in [2.05, 4.69) is 33.9 Å². The number of aliphatic hydroxyl groups excluding tert-OH is 1. The van der Waals surface area contributed by atoms with Crippen molar-refractivity contribution < 1.29 is 10.2 Å². The molecular formula is C15H24O2Si. The highest BCUT2D eigenvalue weighted by Crippen LogP contribution is 2.38. The van der Waals surface area contributed by atoms with Gasteiger partial charge in [0.05, 0.1) is 13.8 Å². The third-order valence-corrected chi connectivity index (χ3v) is 9.60. The Morgan fingerprint density at radius 1 is 1.17 bits per heavy atom. The Bertz CT molecular complexity index is 430. The van der Waals surface area contributed by atoms with Gasteiger partial charge in [-0.25, -0.2) is 0 Å². The van der Waals surface area contributed by atoms with Crippen LogP contribution in [0, 0.1) is 0 Å². The number of phenolic OH excluding ortho intramolecular Hbond substituents is 1. The van der Waals surface area contributed by atoms with Crippen molar-refractivity contribution in [2.24, 2.45) is 0 Å². The summed E-state index contributed by atoms with van der Waals surface area (Å²) in [4.78, 5) is 0. The summed E-state index contributed by atoms with van der Waals surface area (Å²) in [6, 6.07) is 7.15. The molecule has 0 aliphatic heterocycles. The number of para-hydroxylation sites is 1. The predicted octanol–water partition coefficient (Wildman–Crippen LogP) is 3.81. The summed E-state index contributed by atoms with van der Waals surface area (Å²) < 4.78 is 0. The van der Waals surface area contributed by atoms with Gasteiger partial charge in [0, 0.05) is 5.56 Å². The van der Waals surface area contributed by atoms with Crippen LogP contribution in [0.15, 0.2) is 30.3 Å². The molecule has 100 valence electrons. The van der Waals surface area contributed by atoms with Crippen molar-refractivity contribution >= 4 is 14.1 Å². The van der Waals surface area contributed by atoms with E-state index in [9.17, 15) is 10.2 Å². The van der Waals surface area contributed by atoms with Crippen LogP contribution in [0.4, 0.5) is 0 Å². The first kappa shape index (κ1) is 15.0. The van der Waals surface area contributed by atoms with Crippen LogP contribution in [0.25, 0.3) is 6.08 Å². The molecule has 3 heteroatoms. The highest BCUT2D eigenvalue weighted by molar-refractivity contribution is 6.81. The fourth-order valence-electron chi connectivity index (χ4n) is 1.51. The van der Waals surface area contributed by atoms with Crippen molar-refractivity contribution in [1.29, 1.82) is 0 Å². The summed E-state index contributed by atoms with van der Waals surface area (Å²) in [6.07, 6.45) is 3.62. The van der Waals surface area contributed by atoms with Crippen LogP contribution in [0.2, 0.25) is 18.1 Å². The molecule has 0 bridgehead atoms. The van der Waals surface area contributed by atoms with Crippen molar-refractivity contribution in [1.82, 2.24) is 0 Å². The zero-order valence-electron chi connectivity index (χ0n) is 11.9. The number of aromatic hydroxyl groups is 1. The minimum atomic E-state index is -1.79. The zero-order chi connectivity index (χ0) is 14.0. The number of phenols is 1. The lowest BCUT2D eigenvalue weighted by molar-refractivity contribution is 0.285. The Labute approximate surface area is 111 Å². The smallest absolute Gasteiger partial charge is 0.122 e. The first-order valence-corrected chi connectivity index (χ1v) is 9.38. The molecule has 0 aliphatic carbocycles. The van der Waals surface area contributed by atoms with Crippen molar-refractivity contribution in [3.8, 4) is 5.75 Å². The molecule has 1 aromatic rings.